The van der Waals surface area contributed by atoms with Crippen molar-refractivity contribution in [3.05, 3.63) is 46.8 Å². The number of carbonyl (C=O) groups is 2. The average molecular weight is 422 g/mol. The van der Waals surface area contributed by atoms with Crippen LogP contribution in [0.4, 0.5) is 5.69 Å². The number of hydrogen-bond donors (Lipinski definition) is 2. The summed E-state index contributed by atoms with van der Waals surface area (Å²) in [7, 11) is -2.07. The molecule has 1 aromatic heterocycles. The van der Waals surface area contributed by atoms with Crippen molar-refractivity contribution in [2.75, 3.05) is 25.5 Å². The van der Waals surface area contributed by atoms with Crippen LogP contribution in [-0.4, -0.2) is 44.7 Å². The third kappa shape index (κ3) is 4.26. The number of anilines is 1. The van der Waals surface area contributed by atoms with Gasteiger partial charge in [-0.05, 0) is 44.0 Å². The number of sulfonamides is 1. The van der Waals surface area contributed by atoms with Gasteiger partial charge in [0.05, 0.1) is 17.2 Å². The lowest BCUT2D eigenvalue weighted by molar-refractivity contribution is -0.120. The first-order valence-corrected chi connectivity index (χ1v) is 11.3. The largest absolute Gasteiger partial charge is 0.355 e. The Labute approximate surface area is 168 Å². The SMILES string of the molecule is CNC(=O)c1ccccc1NC(=O)[C@@H]1CCCN(S(=O)(=O)c2ccc(C)s2)C1. The predicted molar refractivity (Wildman–Crippen MR) is 109 cm³/mol. The van der Waals surface area contributed by atoms with Crippen LogP contribution in [0.3, 0.4) is 0 Å². The summed E-state index contributed by atoms with van der Waals surface area (Å²) in [5.41, 5.74) is 0.786. The Morgan fingerprint density at radius 3 is 2.61 bits per heavy atom. The normalized spacial score (nSPS) is 17.9. The van der Waals surface area contributed by atoms with E-state index in [1.807, 2.05) is 6.92 Å². The summed E-state index contributed by atoms with van der Waals surface area (Å²) >= 11 is 1.23. The van der Waals surface area contributed by atoms with Crippen molar-refractivity contribution < 1.29 is 18.0 Å². The van der Waals surface area contributed by atoms with Gasteiger partial charge < -0.3 is 10.6 Å². The van der Waals surface area contributed by atoms with Gasteiger partial charge in [-0.2, -0.15) is 4.31 Å². The summed E-state index contributed by atoms with van der Waals surface area (Å²) in [4.78, 5) is 25.7. The standard InChI is InChI=1S/C19H23N3O4S2/c1-13-9-10-17(27-13)28(25,26)22-11-5-6-14(12-22)18(23)21-16-8-4-3-7-15(16)19(24)20-2/h3-4,7-10,14H,5-6,11-12H2,1-2H3,(H,20,24)(H,21,23)/t14-/m1/s1. The molecular formula is C19H23N3O4S2. The minimum Gasteiger partial charge on any atom is -0.355 e. The molecule has 2 amide bonds. The molecular weight excluding hydrogens is 398 g/mol. The molecule has 0 radical (unpaired) electrons. The third-order valence-electron chi connectivity index (χ3n) is 4.72. The van der Waals surface area contributed by atoms with Crippen LogP contribution in [-0.2, 0) is 14.8 Å². The van der Waals surface area contributed by atoms with E-state index in [0.29, 0.717) is 34.8 Å². The Bertz CT molecular complexity index is 985. The number of rotatable bonds is 5. The Balaban J connectivity index is 1.74. The van der Waals surface area contributed by atoms with Crippen molar-refractivity contribution in [3.63, 3.8) is 0 Å². The smallest absolute Gasteiger partial charge is 0.253 e. The van der Waals surface area contributed by atoms with E-state index < -0.39 is 15.9 Å². The highest BCUT2D eigenvalue weighted by Gasteiger charge is 2.34. The van der Waals surface area contributed by atoms with Crippen LogP contribution in [0, 0.1) is 12.8 Å². The summed E-state index contributed by atoms with van der Waals surface area (Å²) < 4.78 is 27.4. The maximum atomic E-state index is 12.9. The number of hydrogen-bond acceptors (Lipinski definition) is 5. The van der Waals surface area contributed by atoms with Gasteiger partial charge in [-0.1, -0.05) is 12.1 Å². The van der Waals surface area contributed by atoms with E-state index >= 15 is 0 Å². The van der Waals surface area contributed by atoms with E-state index in [0.717, 1.165) is 4.88 Å². The first-order chi connectivity index (χ1) is 13.3. The number of amides is 2. The molecule has 0 unspecified atom stereocenters. The van der Waals surface area contributed by atoms with E-state index in [1.54, 1.807) is 36.4 Å². The minimum atomic E-state index is -3.60. The maximum absolute atomic E-state index is 12.9. The van der Waals surface area contributed by atoms with Crippen molar-refractivity contribution in [3.8, 4) is 0 Å². The highest BCUT2D eigenvalue weighted by molar-refractivity contribution is 7.91. The van der Waals surface area contributed by atoms with Gasteiger partial charge in [0.2, 0.25) is 5.91 Å². The lowest BCUT2D eigenvalue weighted by Crippen LogP contribution is -2.43. The summed E-state index contributed by atoms with van der Waals surface area (Å²) in [6, 6.07) is 10.1. The monoisotopic (exact) mass is 421 g/mol. The van der Waals surface area contributed by atoms with Crippen LogP contribution >= 0.6 is 11.3 Å². The summed E-state index contributed by atoms with van der Waals surface area (Å²) in [5, 5.41) is 5.34. The fourth-order valence-corrected chi connectivity index (χ4v) is 6.17. The van der Waals surface area contributed by atoms with E-state index in [9.17, 15) is 18.0 Å². The molecule has 9 heteroatoms. The van der Waals surface area contributed by atoms with Crippen LogP contribution in [0.25, 0.3) is 0 Å². The molecule has 1 aromatic carbocycles. The topological polar surface area (TPSA) is 95.6 Å². The molecule has 3 rings (SSSR count). The average Bonchev–Trinajstić information content (AvgIpc) is 3.15. The number of nitrogens with zero attached hydrogens (tertiary/aromatic N) is 1. The molecule has 1 atom stereocenters. The van der Waals surface area contributed by atoms with Gasteiger partial charge >= 0.3 is 0 Å². The van der Waals surface area contributed by atoms with Crippen LogP contribution in [0.15, 0.2) is 40.6 Å². The first-order valence-electron chi connectivity index (χ1n) is 9.01. The lowest BCUT2D eigenvalue weighted by atomic mass is 9.98. The van der Waals surface area contributed by atoms with E-state index in [2.05, 4.69) is 10.6 Å². The minimum absolute atomic E-state index is 0.132. The number of aryl methyl sites for hydroxylation is 1. The lowest BCUT2D eigenvalue weighted by Gasteiger charge is -2.31. The molecule has 2 heterocycles. The molecule has 1 aliphatic heterocycles. The molecule has 1 fully saturated rings. The van der Waals surface area contributed by atoms with E-state index in [1.165, 1.54) is 22.7 Å². The zero-order chi connectivity index (χ0) is 20.3. The second-order valence-corrected chi connectivity index (χ2v) is 10.1. The Kier molecular flexibility index (Phi) is 6.17. The number of benzene rings is 1. The van der Waals surface area contributed by atoms with E-state index in [4.69, 9.17) is 0 Å². The first kappa shape index (κ1) is 20.5. The predicted octanol–water partition coefficient (Wildman–Crippen LogP) is 2.46. The van der Waals surface area contributed by atoms with E-state index in [-0.39, 0.29) is 18.4 Å². The molecule has 0 spiro atoms. The molecule has 0 saturated carbocycles. The van der Waals surface area contributed by atoms with Crippen molar-refractivity contribution in [1.82, 2.24) is 9.62 Å². The highest BCUT2D eigenvalue weighted by Crippen LogP contribution is 2.29. The Hall–Kier alpha value is -2.23. The zero-order valence-electron chi connectivity index (χ0n) is 15.8. The van der Waals surface area contributed by atoms with Crippen molar-refractivity contribution >= 4 is 38.9 Å². The molecule has 0 aliphatic carbocycles. The van der Waals surface area contributed by atoms with Gasteiger partial charge in [-0.25, -0.2) is 8.42 Å². The number of piperidine rings is 1. The molecule has 150 valence electrons. The van der Waals surface area contributed by atoms with Crippen LogP contribution < -0.4 is 10.6 Å². The van der Waals surface area contributed by atoms with Crippen LogP contribution in [0.5, 0.6) is 0 Å². The molecule has 2 N–H and O–H groups in total. The van der Waals surface area contributed by atoms with Crippen LogP contribution in [0.2, 0.25) is 0 Å². The maximum Gasteiger partial charge on any atom is 0.253 e. The van der Waals surface area contributed by atoms with Crippen molar-refractivity contribution in [2.24, 2.45) is 5.92 Å². The second kappa shape index (κ2) is 8.42. The quantitative estimate of drug-likeness (QED) is 0.775. The summed E-state index contributed by atoms with van der Waals surface area (Å²) in [6.45, 7) is 2.39. The Morgan fingerprint density at radius 1 is 1.18 bits per heavy atom. The zero-order valence-corrected chi connectivity index (χ0v) is 17.4. The van der Waals surface area contributed by atoms with Gasteiger partial charge in [0.15, 0.2) is 0 Å². The van der Waals surface area contributed by atoms with Gasteiger partial charge in [0.25, 0.3) is 15.9 Å². The third-order valence-corrected chi connectivity index (χ3v) is 8.05. The van der Waals surface area contributed by atoms with Gasteiger partial charge in [-0.15, -0.1) is 11.3 Å². The molecule has 1 saturated heterocycles. The molecule has 0 bridgehead atoms. The number of para-hydroxylation sites is 1. The number of thiophene rings is 1. The second-order valence-electron chi connectivity index (χ2n) is 6.68. The Morgan fingerprint density at radius 2 is 1.93 bits per heavy atom. The van der Waals surface area contributed by atoms with Gasteiger partial charge in [0, 0.05) is 25.0 Å². The van der Waals surface area contributed by atoms with Gasteiger partial charge in [0.1, 0.15) is 4.21 Å². The fourth-order valence-electron chi connectivity index (χ4n) is 3.21. The molecule has 7 nitrogen and oxygen atoms in total. The van der Waals surface area contributed by atoms with Crippen molar-refractivity contribution in [2.45, 2.75) is 24.0 Å². The molecule has 2 aromatic rings. The molecule has 1 aliphatic rings. The van der Waals surface area contributed by atoms with Crippen LogP contribution in [0.1, 0.15) is 28.1 Å². The molecule has 28 heavy (non-hydrogen) atoms. The van der Waals surface area contributed by atoms with Crippen molar-refractivity contribution in [1.29, 1.82) is 0 Å². The highest BCUT2D eigenvalue weighted by atomic mass is 32.2. The number of carbonyl (C=O) groups excluding carboxylic acids is 2. The van der Waals surface area contributed by atoms with Gasteiger partial charge in [-0.3, -0.25) is 9.59 Å². The number of nitrogens with one attached hydrogen (secondary N) is 2. The fraction of sp³-hybridized carbons (Fsp3) is 0.368. The summed E-state index contributed by atoms with van der Waals surface area (Å²) in [5.74, 6) is -1.04. The summed E-state index contributed by atoms with van der Waals surface area (Å²) in [6.07, 6.45) is 1.21.